The van der Waals surface area contributed by atoms with Crippen LogP contribution in [0.5, 0.6) is 0 Å². The summed E-state index contributed by atoms with van der Waals surface area (Å²) in [4.78, 5) is 0. The lowest BCUT2D eigenvalue weighted by Gasteiger charge is -1.93. The third kappa shape index (κ3) is 1.16. The topological polar surface area (TPSA) is 38.1 Å². The van der Waals surface area contributed by atoms with Crippen molar-refractivity contribution in [3.63, 3.8) is 0 Å². The van der Waals surface area contributed by atoms with Gasteiger partial charge in [0.25, 0.3) is 0 Å². The molecule has 0 atom stereocenters. The van der Waals surface area contributed by atoms with Crippen LogP contribution in [0, 0.1) is 13.8 Å². The molecule has 0 aliphatic rings. The van der Waals surface area contributed by atoms with E-state index in [0.29, 0.717) is 0 Å². The molecule has 4 heteroatoms. The van der Waals surface area contributed by atoms with Gasteiger partial charge in [0.2, 0.25) is 0 Å². The summed E-state index contributed by atoms with van der Waals surface area (Å²) >= 11 is 4.61. The molecule has 1 N–H and O–H groups in total. The van der Waals surface area contributed by atoms with Crippen LogP contribution in [-0.2, 0) is 0 Å². The molecule has 1 heterocycles. The van der Waals surface area contributed by atoms with Crippen LogP contribution in [0.3, 0.4) is 0 Å². The smallest absolute Gasteiger partial charge is 0.157 e. The highest BCUT2D eigenvalue weighted by molar-refractivity contribution is 7.79. The van der Waals surface area contributed by atoms with Gasteiger partial charge in [-0.3, -0.25) is 0 Å². The van der Waals surface area contributed by atoms with Crippen molar-refractivity contribution in [3.8, 4) is 0 Å². The van der Waals surface area contributed by atoms with Crippen LogP contribution in [0.15, 0.2) is 4.52 Å². The van der Waals surface area contributed by atoms with Gasteiger partial charge in [-0.05, 0) is 13.8 Å². The van der Waals surface area contributed by atoms with Crippen LogP contribution in [0.2, 0.25) is 0 Å². The van der Waals surface area contributed by atoms with Crippen molar-refractivity contribution in [1.29, 1.82) is 0 Å². The predicted octanol–water partition coefficient (Wildman–Crippen LogP) is 1.66. The number of rotatable bonds is 2. The Morgan fingerprint density at radius 1 is 1.60 bits per heavy atom. The summed E-state index contributed by atoms with van der Waals surface area (Å²) in [5, 5.41) is 6.59. The Morgan fingerprint density at radius 2 is 2.30 bits per heavy atom. The van der Waals surface area contributed by atoms with E-state index in [1.165, 1.54) is 5.49 Å². The van der Waals surface area contributed by atoms with E-state index in [0.717, 1.165) is 17.1 Å². The van der Waals surface area contributed by atoms with Gasteiger partial charge in [-0.15, -0.1) is 0 Å². The summed E-state index contributed by atoms with van der Waals surface area (Å²) in [6, 6.07) is 0. The number of hydrogen-bond acceptors (Lipinski definition) is 3. The van der Waals surface area contributed by atoms with Crippen molar-refractivity contribution >= 4 is 23.4 Å². The van der Waals surface area contributed by atoms with Crippen LogP contribution in [0.1, 0.15) is 11.5 Å². The molecular weight excluding hydrogens is 148 g/mol. The van der Waals surface area contributed by atoms with Crippen LogP contribution in [0.25, 0.3) is 0 Å². The quantitative estimate of drug-likeness (QED) is 0.661. The lowest BCUT2D eigenvalue weighted by molar-refractivity contribution is 0.393. The number of anilines is 1. The van der Waals surface area contributed by atoms with Gasteiger partial charge in [0.15, 0.2) is 5.76 Å². The molecule has 10 heavy (non-hydrogen) atoms. The normalized spacial score (nSPS) is 9.40. The van der Waals surface area contributed by atoms with Crippen molar-refractivity contribution in [2.75, 3.05) is 5.32 Å². The first-order valence-electron chi connectivity index (χ1n) is 2.88. The van der Waals surface area contributed by atoms with E-state index in [2.05, 4.69) is 22.7 Å². The number of hydrogen-bond donors (Lipinski definition) is 1. The second-order valence-corrected chi connectivity index (χ2v) is 2.20. The molecule has 1 aromatic heterocycles. The molecule has 0 saturated carbocycles. The Hall–Kier alpha value is -0.900. The van der Waals surface area contributed by atoms with E-state index in [9.17, 15) is 0 Å². The molecule has 0 radical (unpaired) electrons. The zero-order valence-corrected chi connectivity index (χ0v) is 6.66. The molecule has 0 unspecified atom stereocenters. The van der Waals surface area contributed by atoms with E-state index in [4.69, 9.17) is 4.52 Å². The van der Waals surface area contributed by atoms with Gasteiger partial charge in [0.1, 0.15) is 11.4 Å². The molecule has 0 aliphatic heterocycles. The van der Waals surface area contributed by atoms with E-state index in [1.807, 2.05) is 13.8 Å². The molecule has 0 spiro atoms. The summed E-state index contributed by atoms with van der Waals surface area (Å²) in [6.45, 7) is 3.69. The Morgan fingerprint density at radius 3 is 2.70 bits per heavy atom. The Balaban J connectivity index is 2.97. The van der Waals surface area contributed by atoms with Crippen molar-refractivity contribution in [2.45, 2.75) is 13.8 Å². The summed E-state index contributed by atoms with van der Waals surface area (Å²) < 4.78 is 4.87. The first kappa shape index (κ1) is 7.21. The van der Waals surface area contributed by atoms with Gasteiger partial charge in [-0.1, -0.05) is 17.4 Å². The van der Waals surface area contributed by atoms with Crippen molar-refractivity contribution < 1.29 is 4.52 Å². The molecule has 54 valence electrons. The van der Waals surface area contributed by atoms with Gasteiger partial charge in [-0.25, -0.2) is 0 Å². The summed E-state index contributed by atoms with van der Waals surface area (Å²) in [5.74, 6) is 0.763. The molecular formula is C6H8N2OS. The molecule has 0 aromatic carbocycles. The van der Waals surface area contributed by atoms with E-state index in [-0.39, 0.29) is 0 Å². The van der Waals surface area contributed by atoms with E-state index in [1.54, 1.807) is 0 Å². The molecule has 1 rings (SSSR count). The average Bonchev–Trinajstić information content (AvgIpc) is 2.20. The largest absolute Gasteiger partial charge is 0.359 e. The van der Waals surface area contributed by atoms with E-state index >= 15 is 0 Å². The predicted molar refractivity (Wildman–Crippen MR) is 43.3 cm³/mol. The summed E-state index contributed by atoms with van der Waals surface area (Å²) in [7, 11) is 0. The minimum absolute atomic E-state index is 0.763. The molecule has 0 saturated heterocycles. The summed E-state index contributed by atoms with van der Waals surface area (Å²) in [5.41, 5.74) is 3.14. The Bertz CT molecular complexity index is 224. The Labute approximate surface area is 64.4 Å². The number of nitrogens with one attached hydrogen (secondary N) is 1. The highest BCUT2D eigenvalue weighted by atomic mass is 32.1. The van der Waals surface area contributed by atoms with Crippen molar-refractivity contribution in [2.24, 2.45) is 0 Å². The number of aromatic nitrogens is 1. The molecule has 0 bridgehead atoms. The maximum absolute atomic E-state index is 4.87. The first-order valence-corrected chi connectivity index (χ1v) is 3.36. The minimum atomic E-state index is 0.763. The maximum Gasteiger partial charge on any atom is 0.157 e. The lowest BCUT2D eigenvalue weighted by atomic mass is 10.3. The maximum atomic E-state index is 4.87. The van der Waals surface area contributed by atoms with Gasteiger partial charge in [0.05, 0.1) is 5.49 Å². The third-order valence-corrected chi connectivity index (χ3v) is 1.35. The van der Waals surface area contributed by atoms with Crippen molar-refractivity contribution in [1.82, 2.24) is 5.16 Å². The fourth-order valence-corrected chi connectivity index (χ4v) is 0.866. The Kier molecular flexibility index (Phi) is 2.01. The van der Waals surface area contributed by atoms with Gasteiger partial charge < -0.3 is 9.84 Å². The number of aryl methyl sites for hydroxylation is 2. The van der Waals surface area contributed by atoms with Crippen LogP contribution >= 0.6 is 12.2 Å². The molecule has 0 fully saturated rings. The molecule has 0 amide bonds. The van der Waals surface area contributed by atoms with Crippen LogP contribution in [0.4, 0.5) is 5.69 Å². The average molecular weight is 156 g/mol. The second-order valence-electron chi connectivity index (χ2n) is 1.96. The third-order valence-electron chi connectivity index (χ3n) is 1.24. The van der Waals surface area contributed by atoms with Gasteiger partial charge in [-0.2, -0.15) is 0 Å². The molecule has 1 aromatic rings. The monoisotopic (exact) mass is 156 g/mol. The fourth-order valence-electron chi connectivity index (χ4n) is 0.748. The summed E-state index contributed by atoms with van der Waals surface area (Å²) in [6.07, 6.45) is 0. The lowest BCUT2D eigenvalue weighted by Crippen LogP contribution is -1.93. The zero-order chi connectivity index (χ0) is 7.56. The van der Waals surface area contributed by atoms with Crippen LogP contribution < -0.4 is 5.32 Å². The molecule has 0 aliphatic carbocycles. The molecule has 3 nitrogen and oxygen atoms in total. The number of thiocarbonyl (C=S) groups is 1. The highest BCUT2D eigenvalue weighted by Gasteiger charge is 2.05. The van der Waals surface area contributed by atoms with Gasteiger partial charge >= 0.3 is 0 Å². The number of nitrogens with zero attached hydrogens (tertiary/aromatic N) is 1. The standard InChI is InChI=1S/C6H8N2OS/c1-4-6(7-3-10)5(2)9-8-4/h3H,1-2H3,(H,7,10). The fraction of sp³-hybridized carbons (Fsp3) is 0.333. The van der Waals surface area contributed by atoms with Gasteiger partial charge in [0, 0.05) is 0 Å². The van der Waals surface area contributed by atoms with E-state index < -0.39 is 0 Å². The van der Waals surface area contributed by atoms with Crippen molar-refractivity contribution in [3.05, 3.63) is 11.5 Å². The SMILES string of the molecule is Cc1noc(C)c1NC=S. The highest BCUT2D eigenvalue weighted by Crippen LogP contribution is 2.17. The zero-order valence-electron chi connectivity index (χ0n) is 5.84. The second kappa shape index (κ2) is 2.79. The minimum Gasteiger partial charge on any atom is -0.359 e. The van der Waals surface area contributed by atoms with Crippen LogP contribution in [-0.4, -0.2) is 10.6 Å². The first-order chi connectivity index (χ1) is 4.75.